The Balaban J connectivity index is 1.36. The Morgan fingerprint density at radius 2 is 1.09 bits per heavy atom. The van der Waals surface area contributed by atoms with Gasteiger partial charge in [-0.25, -0.2) is 9.59 Å². The van der Waals surface area contributed by atoms with Crippen LogP contribution in [0.15, 0.2) is 24.3 Å². The van der Waals surface area contributed by atoms with Crippen LogP contribution >= 0.6 is 0 Å². The predicted molar refractivity (Wildman–Crippen MR) is 159 cm³/mol. The molecule has 0 spiro atoms. The lowest BCUT2D eigenvalue weighted by atomic mass is 10.1. The summed E-state index contributed by atoms with van der Waals surface area (Å²) in [5.74, 6) is 1.07. The highest BCUT2D eigenvalue weighted by molar-refractivity contribution is 5.91. The summed E-state index contributed by atoms with van der Waals surface area (Å²) in [7, 11) is 7.47. The van der Waals surface area contributed by atoms with Gasteiger partial charge in [0.25, 0.3) is 0 Å². The van der Waals surface area contributed by atoms with Crippen LogP contribution in [0.4, 0.5) is 0 Å². The molecule has 1 N–H and O–H groups in total. The molecule has 0 radical (unpaired) electrons. The van der Waals surface area contributed by atoms with E-state index in [9.17, 15) is 14.7 Å². The van der Waals surface area contributed by atoms with E-state index in [2.05, 4.69) is 9.80 Å². The molecule has 12 heteroatoms. The van der Waals surface area contributed by atoms with Crippen LogP contribution in [0.2, 0.25) is 0 Å². The number of hydrogen-bond acceptors (Lipinski definition) is 12. The summed E-state index contributed by atoms with van der Waals surface area (Å²) in [6.45, 7) is 5.73. The highest BCUT2D eigenvalue weighted by Crippen LogP contribution is 2.38. The molecule has 2 aromatic carbocycles. The minimum Gasteiger partial charge on any atom is -0.493 e. The smallest absolute Gasteiger partial charge is 0.338 e. The molecule has 1 fully saturated rings. The van der Waals surface area contributed by atoms with Crippen LogP contribution in [-0.2, 0) is 16.1 Å². The van der Waals surface area contributed by atoms with Crippen molar-refractivity contribution in [1.29, 1.82) is 0 Å². The molecule has 3 rings (SSSR count). The maximum atomic E-state index is 12.6. The van der Waals surface area contributed by atoms with Gasteiger partial charge in [-0.05, 0) is 56.6 Å². The molecule has 12 nitrogen and oxygen atoms in total. The molecule has 0 bridgehead atoms. The Labute approximate surface area is 253 Å². The van der Waals surface area contributed by atoms with Gasteiger partial charge in [-0.15, -0.1) is 0 Å². The molecule has 0 amide bonds. The van der Waals surface area contributed by atoms with Crippen LogP contribution in [0.5, 0.6) is 28.7 Å². The Morgan fingerprint density at radius 1 is 0.651 bits per heavy atom. The van der Waals surface area contributed by atoms with Crippen molar-refractivity contribution in [3.63, 3.8) is 0 Å². The van der Waals surface area contributed by atoms with Gasteiger partial charge in [0.1, 0.15) is 0 Å². The molecule has 1 aliphatic heterocycles. The zero-order valence-electron chi connectivity index (χ0n) is 25.8. The van der Waals surface area contributed by atoms with E-state index in [4.69, 9.17) is 33.2 Å². The Bertz CT molecular complexity index is 1060. The number of ether oxygens (including phenoxy) is 7. The molecule has 0 saturated carbocycles. The van der Waals surface area contributed by atoms with Gasteiger partial charge in [-0.2, -0.15) is 0 Å². The van der Waals surface area contributed by atoms with Crippen LogP contribution in [0, 0.1) is 0 Å². The lowest BCUT2D eigenvalue weighted by Crippen LogP contribution is -2.32. The molecular weight excluding hydrogens is 560 g/mol. The summed E-state index contributed by atoms with van der Waals surface area (Å²) in [6.07, 6.45) is 2.46. The second kappa shape index (κ2) is 17.4. The molecule has 0 aromatic heterocycles. The number of esters is 2. The highest BCUT2D eigenvalue weighted by Gasteiger charge is 2.20. The van der Waals surface area contributed by atoms with Crippen molar-refractivity contribution in [2.45, 2.75) is 25.9 Å². The summed E-state index contributed by atoms with van der Waals surface area (Å²) in [4.78, 5) is 30.0. The molecule has 2 aromatic rings. The van der Waals surface area contributed by atoms with Gasteiger partial charge in [0, 0.05) is 31.7 Å². The van der Waals surface area contributed by atoms with Crippen LogP contribution in [0.3, 0.4) is 0 Å². The van der Waals surface area contributed by atoms with Crippen LogP contribution in [-0.4, -0.2) is 115 Å². The molecule has 1 saturated heterocycles. The summed E-state index contributed by atoms with van der Waals surface area (Å²) >= 11 is 0. The maximum Gasteiger partial charge on any atom is 0.338 e. The number of nitrogens with zero attached hydrogens (tertiary/aromatic N) is 2. The van der Waals surface area contributed by atoms with Gasteiger partial charge in [0.15, 0.2) is 23.0 Å². The molecule has 43 heavy (non-hydrogen) atoms. The Morgan fingerprint density at radius 3 is 1.51 bits per heavy atom. The second-order valence-electron chi connectivity index (χ2n) is 9.96. The number of methoxy groups -OCH3 is 5. The first-order chi connectivity index (χ1) is 20.9. The van der Waals surface area contributed by atoms with E-state index in [1.807, 2.05) is 0 Å². The van der Waals surface area contributed by atoms with Crippen LogP contribution < -0.4 is 23.7 Å². The molecular formula is C31H44N2O10. The van der Waals surface area contributed by atoms with Gasteiger partial charge in [-0.1, -0.05) is 0 Å². The molecule has 0 aliphatic carbocycles. The van der Waals surface area contributed by atoms with E-state index in [-0.39, 0.29) is 6.61 Å². The van der Waals surface area contributed by atoms with Crippen molar-refractivity contribution in [2.24, 2.45) is 0 Å². The number of hydrogen-bond donors (Lipinski definition) is 1. The lowest BCUT2D eigenvalue weighted by molar-refractivity contribution is 0.0475. The van der Waals surface area contributed by atoms with Gasteiger partial charge in [-0.3, -0.25) is 0 Å². The number of carbonyl (C=O) groups excluding carboxylic acids is 2. The number of rotatable bonds is 16. The van der Waals surface area contributed by atoms with Crippen molar-refractivity contribution in [3.05, 3.63) is 41.0 Å². The summed E-state index contributed by atoms with van der Waals surface area (Å²) in [6, 6.07) is 6.27. The van der Waals surface area contributed by atoms with E-state index in [1.165, 1.54) is 35.5 Å². The average Bonchev–Trinajstić information content (AvgIpc) is 3.28. The van der Waals surface area contributed by atoms with E-state index in [0.29, 0.717) is 65.1 Å². The fourth-order valence-electron chi connectivity index (χ4n) is 5.02. The second-order valence-corrected chi connectivity index (χ2v) is 9.96. The largest absolute Gasteiger partial charge is 0.493 e. The summed E-state index contributed by atoms with van der Waals surface area (Å²) < 4.78 is 37.5. The average molecular weight is 605 g/mol. The van der Waals surface area contributed by atoms with Gasteiger partial charge < -0.3 is 48.1 Å². The fourth-order valence-corrected chi connectivity index (χ4v) is 5.02. The quantitative estimate of drug-likeness (QED) is 0.224. The predicted octanol–water partition coefficient (Wildman–Crippen LogP) is 3.02. The summed E-state index contributed by atoms with van der Waals surface area (Å²) in [5, 5.41) is 9.62. The maximum absolute atomic E-state index is 12.6. The van der Waals surface area contributed by atoms with Gasteiger partial charge in [0.2, 0.25) is 5.75 Å². The topological polar surface area (TPSA) is 125 Å². The monoisotopic (exact) mass is 604 g/mol. The molecule has 0 atom stereocenters. The van der Waals surface area contributed by atoms with Gasteiger partial charge >= 0.3 is 11.9 Å². The van der Waals surface area contributed by atoms with Crippen LogP contribution in [0.1, 0.15) is 45.5 Å². The third-order valence-corrected chi connectivity index (χ3v) is 7.25. The minimum atomic E-state index is -0.469. The van der Waals surface area contributed by atoms with Crippen molar-refractivity contribution in [1.82, 2.24) is 9.80 Å². The summed E-state index contributed by atoms with van der Waals surface area (Å²) in [5.41, 5.74) is 1.10. The fraction of sp³-hybridized carbons (Fsp3) is 0.548. The first-order valence-corrected chi connectivity index (χ1v) is 14.3. The standard InChI is InChI=1S/C31H44N2O10/c1-37-25-18-22(17-24(21-34)28(25)40-4)30(35)42-15-7-11-32-9-6-10-33(14-13-32)12-8-16-43-31(36)23-19-26(38-2)29(41-5)27(20-23)39-3/h17-20,34H,6-16,21H2,1-5H3. The van der Waals surface area contributed by atoms with Crippen molar-refractivity contribution >= 4 is 11.9 Å². The molecule has 1 heterocycles. The SMILES string of the molecule is COc1cc(C(=O)OCCCN2CCCN(CCCOC(=O)c3cc(OC)c(OC)c(OC)c3)CC2)cc(CO)c1OC. The third kappa shape index (κ3) is 9.37. The van der Waals surface area contributed by atoms with E-state index >= 15 is 0 Å². The first-order valence-electron chi connectivity index (χ1n) is 14.3. The minimum absolute atomic E-state index is 0.285. The Hall–Kier alpha value is -3.74. The number of carbonyl (C=O) groups is 2. The van der Waals surface area contributed by atoms with Crippen LogP contribution in [0.25, 0.3) is 0 Å². The van der Waals surface area contributed by atoms with E-state index in [1.54, 1.807) is 24.3 Å². The molecule has 238 valence electrons. The van der Waals surface area contributed by atoms with E-state index < -0.39 is 11.9 Å². The number of benzene rings is 2. The highest BCUT2D eigenvalue weighted by atomic mass is 16.5. The van der Waals surface area contributed by atoms with Crippen molar-refractivity contribution in [3.8, 4) is 28.7 Å². The lowest BCUT2D eigenvalue weighted by Gasteiger charge is -2.21. The first kappa shape index (κ1) is 33.8. The normalized spacial score (nSPS) is 14.0. The number of aliphatic hydroxyl groups excluding tert-OH is 1. The molecule has 1 aliphatic rings. The zero-order valence-corrected chi connectivity index (χ0v) is 25.8. The zero-order chi connectivity index (χ0) is 31.2. The van der Waals surface area contributed by atoms with Crippen molar-refractivity contribution < 1.29 is 47.9 Å². The molecule has 0 unspecified atom stereocenters. The number of aliphatic hydroxyl groups is 1. The van der Waals surface area contributed by atoms with Crippen molar-refractivity contribution in [2.75, 3.05) is 88.0 Å². The van der Waals surface area contributed by atoms with Gasteiger partial charge in [0.05, 0.1) is 66.5 Å². The Kier molecular flexibility index (Phi) is 13.7. The third-order valence-electron chi connectivity index (χ3n) is 7.25. The van der Waals surface area contributed by atoms with E-state index in [0.717, 1.165) is 52.1 Å².